The Labute approximate surface area is 145 Å². The third-order valence-corrected chi connectivity index (χ3v) is 5.50. The number of rotatable bonds is 5. The lowest BCUT2D eigenvalue weighted by atomic mass is 10.2. The third kappa shape index (κ3) is 3.35. The van der Waals surface area contributed by atoms with Gasteiger partial charge in [0, 0.05) is 39.8 Å². The number of nitrogens with one attached hydrogen (secondary N) is 1. The number of aromatic nitrogens is 2. The molecule has 0 saturated carbocycles. The number of carbonyl (C=O) groups excluding carboxylic acids is 1. The molecular weight excluding hydrogens is 326 g/mol. The molecule has 8 heteroatoms. The first kappa shape index (κ1) is 17.1. The van der Waals surface area contributed by atoms with Gasteiger partial charge in [-0.05, 0) is 19.5 Å². The zero-order valence-corrected chi connectivity index (χ0v) is 15.2. The molecule has 0 aromatic carbocycles. The van der Waals surface area contributed by atoms with Gasteiger partial charge in [-0.25, -0.2) is 9.97 Å². The van der Waals surface area contributed by atoms with Crippen LogP contribution in [0.4, 0.5) is 5.82 Å². The van der Waals surface area contributed by atoms with Gasteiger partial charge in [0.15, 0.2) is 0 Å². The SMILES string of the molecule is COCCNc1ncnc2sc(C(=O)N3CCN(C)CC3)c(C)c12. The van der Waals surface area contributed by atoms with Crippen LogP contribution in [0.3, 0.4) is 0 Å². The van der Waals surface area contributed by atoms with E-state index < -0.39 is 0 Å². The molecule has 7 nitrogen and oxygen atoms in total. The number of fused-ring (bicyclic) bond motifs is 1. The first-order valence-electron chi connectivity index (χ1n) is 8.06. The van der Waals surface area contributed by atoms with Gasteiger partial charge in [0.2, 0.25) is 0 Å². The van der Waals surface area contributed by atoms with E-state index in [9.17, 15) is 4.79 Å². The fourth-order valence-corrected chi connectivity index (χ4v) is 3.95. The number of hydrogen-bond donors (Lipinski definition) is 1. The second kappa shape index (κ2) is 7.42. The Hall–Kier alpha value is -1.77. The molecule has 24 heavy (non-hydrogen) atoms. The minimum absolute atomic E-state index is 0.103. The van der Waals surface area contributed by atoms with Gasteiger partial charge in [-0.2, -0.15) is 0 Å². The van der Waals surface area contributed by atoms with Gasteiger partial charge < -0.3 is 19.9 Å². The summed E-state index contributed by atoms with van der Waals surface area (Å²) < 4.78 is 5.07. The highest BCUT2D eigenvalue weighted by Gasteiger charge is 2.25. The molecule has 1 aliphatic rings. The Kier molecular flexibility index (Phi) is 5.27. The van der Waals surface area contributed by atoms with Gasteiger partial charge >= 0.3 is 0 Å². The summed E-state index contributed by atoms with van der Waals surface area (Å²) in [5.41, 5.74) is 0.958. The van der Waals surface area contributed by atoms with Gasteiger partial charge in [-0.1, -0.05) is 0 Å². The zero-order chi connectivity index (χ0) is 17.1. The maximum Gasteiger partial charge on any atom is 0.264 e. The molecule has 0 radical (unpaired) electrons. The summed E-state index contributed by atoms with van der Waals surface area (Å²) in [4.78, 5) is 27.4. The lowest BCUT2D eigenvalue weighted by Crippen LogP contribution is -2.47. The number of nitrogens with zero attached hydrogens (tertiary/aromatic N) is 4. The maximum atomic E-state index is 12.9. The van der Waals surface area contributed by atoms with Crippen molar-refractivity contribution in [2.75, 3.05) is 58.8 Å². The van der Waals surface area contributed by atoms with Crippen LogP contribution in [-0.4, -0.2) is 79.2 Å². The quantitative estimate of drug-likeness (QED) is 0.824. The second-order valence-electron chi connectivity index (χ2n) is 5.97. The summed E-state index contributed by atoms with van der Waals surface area (Å²) >= 11 is 1.45. The molecule has 130 valence electrons. The van der Waals surface area contributed by atoms with Gasteiger partial charge in [0.25, 0.3) is 5.91 Å². The van der Waals surface area contributed by atoms with Crippen LogP contribution in [0.5, 0.6) is 0 Å². The van der Waals surface area contributed by atoms with Crippen molar-refractivity contribution in [1.82, 2.24) is 19.8 Å². The molecule has 0 aliphatic carbocycles. The number of carbonyl (C=O) groups is 1. The van der Waals surface area contributed by atoms with E-state index in [0.717, 1.165) is 52.7 Å². The first-order valence-corrected chi connectivity index (χ1v) is 8.88. The van der Waals surface area contributed by atoms with Crippen molar-refractivity contribution in [3.8, 4) is 0 Å². The number of methoxy groups -OCH3 is 1. The van der Waals surface area contributed by atoms with Gasteiger partial charge in [-0.15, -0.1) is 11.3 Å². The van der Waals surface area contributed by atoms with E-state index in [-0.39, 0.29) is 5.91 Å². The molecule has 1 fully saturated rings. The van der Waals surface area contributed by atoms with Crippen LogP contribution in [-0.2, 0) is 4.74 Å². The van der Waals surface area contributed by atoms with Crippen molar-refractivity contribution in [2.24, 2.45) is 0 Å². The lowest BCUT2D eigenvalue weighted by molar-refractivity contribution is 0.0668. The lowest BCUT2D eigenvalue weighted by Gasteiger charge is -2.32. The Balaban J connectivity index is 1.88. The van der Waals surface area contributed by atoms with Crippen LogP contribution in [0, 0.1) is 6.92 Å². The number of anilines is 1. The molecule has 2 aromatic heterocycles. The molecule has 1 saturated heterocycles. The molecule has 0 unspecified atom stereocenters. The number of hydrogen-bond acceptors (Lipinski definition) is 7. The van der Waals surface area contributed by atoms with Crippen LogP contribution < -0.4 is 5.32 Å². The van der Waals surface area contributed by atoms with E-state index in [1.54, 1.807) is 7.11 Å². The molecule has 1 N–H and O–H groups in total. The second-order valence-corrected chi connectivity index (χ2v) is 6.97. The Bertz CT molecular complexity index is 725. The van der Waals surface area contributed by atoms with E-state index in [0.29, 0.717) is 13.2 Å². The van der Waals surface area contributed by atoms with Crippen LogP contribution in [0.1, 0.15) is 15.2 Å². The molecule has 0 atom stereocenters. The molecule has 1 aliphatic heterocycles. The fraction of sp³-hybridized carbons (Fsp3) is 0.562. The number of amides is 1. The summed E-state index contributed by atoms with van der Waals surface area (Å²) in [6, 6.07) is 0. The van der Waals surface area contributed by atoms with E-state index in [2.05, 4.69) is 27.2 Å². The van der Waals surface area contributed by atoms with Crippen molar-refractivity contribution in [1.29, 1.82) is 0 Å². The molecule has 0 spiro atoms. The Morgan fingerprint density at radius 1 is 1.33 bits per heavy atom. The monoisotopic (exact) mass is 349 g/mol. The molecule has 2 aromatic rings. The van der Waals surface area contributed by atoms with Crippen molar-refractivity contribution in [2.45, 2.75) is 6.92 Å². The summed E-state index contributed by atoms with van der Waals surface area (Å²) in [5, 5.41) is 4.21. The largest absolute Gasteiger partial charge is 0.383 e. The minimum Gasteiger partial charge on any atom is -0.383 e. The minimum atomic E-state index is 0.103. The predicted molar refractivity (Wildman–Crippen MR) is 95.9 cm³/mol. The van der Waals surface area contributed by atoms with Gasteiger partial charge in [0.05, 0.1) is 16.9 Å². The first-order chi connectivity index (χ1) is 11.6. The number of aryl methyl sites for hydroxylation is 1. The van der Waals surface area contributed by atoms with Crippen molar-refractivity contribution >= 4 is 33.3 Å². The average Bonchev–Trinajstić information content (AvgIpc) is 2.93. The van der Waals surface area contributed by atoms with Gasteiger partial charge in [0.1, 0.15) is 17.0 Å². The Morgan fingerprint density at radius 2 is 2.08 bits per heavy atom. The van der Waals surface area contributed by atoms with Crippen LogP contribution in [0.2, 0.25) is 0 Å². The maximum absolute atomic E-state index is 12.9. The van der Waals surface area contributed by atoms with Crippen LogP contribution in [0.25, 0.3) is 10.2 Å². The highest BCUT2D eigenvalue weighted by molar-refractivity contribution is 7.20. The van der Waals surface area contributed by atoms with Crippen molar-refractivity contribution < 1.29 is 9.53 Å². The van der Waals surface area contributed by atoms with E-state index >= 15 is 0 Å². The highest BCUT2D eigenvalue weighted by Crippen LogP contribution is 2.34. The Morgan fingerprint density at radius 3 is 2.79 bits per heavy atom. The third-order valence-electron chi connectivity index (χ3n) is 4.31. The molecule has 0 bridgehead atoms. The number of thiophene rings is 1. The number of piperazine rings is 1. The molecular formula is C16H23N5O2S. The zero-order valence-electron chi connectivity index (χ0n) is 14.3. The van der Waals surface area contributed by atoms with E-state index in [1.165, 1.54) is 17.7 Å². The standard InChI is InChI=1S/C16H23N5O2S/c1-11-12-14(17-4-9-23-3)18-10-19-15(12)24-13(11)16(22)21-7-5-20(2)6-8-21/h10H,4-9H2,1-3H3,(H,17,18,19). The summed E-state index contributed by atoms with van der Waals surface area (Å²) in [6.45, 7) is 6.62. The van der Waals surface area contributed by atoms with Gasteiger partial charge in [-0.3, -0.25) is 4.79 Å². The molecule has 3 heterocycles. The smallest absolute Gasteiger partial charge is 0.264 e. The summed E-state index contributed by atoms with van der Waals surface area (Å²) in [6.07, 6.45) is 1.54. The van der Waals surface area contributed by atoms with E-state index in [4.69, 9.17) is 4.74 Å². The van der Waals surface area contributed by atoms with Crippen molar-refractivity contribution in [3.63, 3.8) is 0 Å². The van der Waals surface area contributed by atoms with Crippen molar-refractivity contribution in [3.05, 3.63) is 16.8 Å². The average molecular weight is 349 g/mol. The predicted octanol–water partition coefficient (Wildman–Crippen LogP) is 1.45. The normalized spacial score (nSPS) is 15.9. The highest BCUT2D eigenvalue weighted by atomic mass is 32.1. The van der Waals surface area contributed by atoms with E-state index in [1.807, 2.05) is 11.8 Å². The fourth-order valence-electron chi connectivity index (χ4n) is 2.83. The van der Waals surface area contributed by atoms with Crippen LogP contribution in [0.15, 0.2) is 6.33 Å². The number of ether oxygens (including phenoxy) is 1. The van der Waals surface area contributed by atoms with Crippen LogP contribution >= 0.6 is 11.3 Å². The summed E-state index contributed by atoms with van der Waals surface area (Å²) in [7, 11) is 3.75. The summed E-state index contributed by atoms with van der Waals surface area (Å²) in [5.74, 6) is 0.870. The molecule has 3 rings (SSSR count). The topological polar surface area (TPSA) is 70.6 Å². The molecule has 1 amide bonds. The number of likely N-dealkylation sites (N-methyl/N-ethyl adjacent to an activating group) is 1.